The van der Waals surface area contributed by atoms with Gasteiger partial charge >= 0.3 is 0 Å². The number of hydrogen-bond acceptors (Lipinski definition) is 3. The van der Waals surface area contributed by atoms with Gasteiger partial charge < -0.3 is 15.3 Å². The Balaban J connectivity index is 1.82. The van der Waals surface area contributed by atoms with E-state index in [1.807, 2.05) is 18.2 Å². The van der Waals surface area contributed by atoms with Crippen molar-refractivity contribution < 1.29 is 9.90 Å². The Labute approximate surface area is 146 Å². The number of aliphatic hydroxyl groups excluding tert-OH is 1. The minimum atomic E-state index is -0.186. The molecule has 4 heteroatoms. The lowest BCUT2D eigenvalue weighted by molar-refractivity contribution is -0.116. The number of anilines is 2. The van der Waals surface area contributed by atoms with Crippen molar-refractivity contribution in [1.29, 1.82) is 0 Å². The number of unbranched alkanes of at least 4 members (excludes halogenated alkanes) is 2. The summed E-state index contributed by atoms with van der Waals surface area (Å²) < 4.78 is 0. The zero-order chi connectivity index (χ0) is 17.4. The lowest BCUT2D eigenvalue weighted by Gasteiger charge is -2.32. The van der Waals surface area contributed by atoms with E-state index in [1.165, 1.54) is 12.8 Å². The van der Waals surface area contributed by atoms with Gasteiger partial charge in [0.25, 0.3) is 0 Å². The zero-order valence-corrected chi connectivity index (χ0v) is 15.1. The molecule has 2 rings (SSSR count). The number of nitrogens with one attached hydrogen (secondary N) is 1. The molecular weight excluding hydrogens is 300 g/mol. The number of nitrogens with zero attached hydrogens (tertiary/aromatic N) is 1. The number of carbonyl (C=O) groups excluding carboxylic acids is 1. The van der Waals surface area contributed by atoms with Gasteiger partial charge in [-0.05, 0) is 37.3 Å². The molecule has 1 aliphatic heterocycles. The van der Waals surface area contributed by atoms with E-state index in [0.29, 0.717) is 6.42 Å². The molecule has 1 aliphatic rings. The van der Waals surface area contributed by atoms with E-state index < -0.39 is 0 Å². The molecule has 1 aromatic rings. The normalized spacial score (nSPS) is 15.8. The van der Waals surface area contributed by atoms with Crippen LogP contribution in [0.25, 0.3) is 0 Å². The first-order chi connectivity index (χ1) is 11.6. The molecule has 0 bridgehead atoms. The van der Waals surface area contributed by atoms with Crippen LogP contribution in [0.2, 0.25) is 0 Å². The molecule has 1 saturated heterocycles. The van der Waals surface area contributed by atoms with Crippen LogP contribution in [0.3, 0.4) is 0 Å². The van der Waals surface area contributed by atoms with E-state index in [-0.39, 0.29) is 12.0 Å². The molecule has 0 spiro atoms. The number of carbonyl (C=O) groups is 1. The first-order valence-electron chi connectivity index (χ1n) is 9.38. The Morgan fingerprint density at radius 2 is 1.92 bits per heavy atom. The molecule has 4 nitrogen and oxygen atoms in total. The molecule has 2 N–H and O–H groups in total. The van der Waals surface area contributed by atoms with Crippen LogP contribution < -0.4 is 10.2 Å². The number of hydrogen-bond donors (Lipinski definition) is 2. The van der Waals surface area contributed by atoms with Gasteiger partial charge in [-0.15, -0.1) is 0 Å². The molecule has 0 radical (unpaired) electrons. The topological polar surface area (TPSA) is 52.6 Å². The standard InChI is InChI=1S/C20H32N2O2/c1-16(2)8-4-3-5-11-20(24)21-18-9-6-7-10-19(18)22-14-12-17(23)13-15-22/h6-7,9-10,16-17,23H,3-5,8,11-15H2,1-2H3,(H,21,24). The lowest BCUT2D eigenvalue weighted by Crippen LogP contribution is -2.36. The first kappa shape index (κ1) is 18.8. The smallest absolute Gasteiger partial charge is 0.224 e. The summed E-state index contributed by atoms with van der Waals surface area (Å²) in [5.74, 6) is 0.845. The molecule has 24 heavy (non-hydrogen) atoms. The highest BCUT2D eigenvalue weighted by Crippen LogP contribution is 2.28. The van der Waals surface area contributed by atoms with E-state index in [4.69, 9.17) is 0 Å². The third-order valence-electron chi connectivity index (χ3n) is 4.67. The second kappa shape index (κ2) is 9.67. The second-order valence-electron chi connectivity index (χ2n) is 7.28. The van der Waals surface area contributed by atoms with Crippen LogP contribution in [-0.2, 0) is 4.79 Å². The fraction of sp³-hybridized carbons (Fsp3) is 0.650. The molecule has 0 aliphatic carbocycles. The molecule has 1 heterocycles. The maximum atomic E-state index is 12.2. The Hall–Kier alpha value is -1.55. The highest BCUT2D eigenvalue weighted by Gasteiger charge is 2.19. The quantitative estimate of drug-likeness (QED) is 0.702. The predicted octanol–water partition coefficient (Wildman–Crippen LogP) is 4.19. The van der Waals surface area contributed by atoms with Crippen LogP contribution in [0.5, 0.6) is 0 Å². The fourth-order valence-electron chi connectivity index (χ4n) is 3.19. The summed E-state index contributed by atoms with van der Waals surface area (Å²) in [7, 11) is 0. The zero-order valence-electron chi connectivity index (χ0n) is 15.1. The number of rotatable bonds is 8. The lowest BCUT2D eigenvalue weighted by atomic mass is 10.0. The Kier molecular flexibility index (Phi) is 7.57. The van der Waals surface area contributed by atoms with Crippen molar-refractivity contribution in [1.82, 2.24) is 0 Å². The van der Waals surface area contributed by atoms with E-state index in [0.717, 1.165) is 56.1 Å². The first-order valence-corrected chi connectivity index (χ1v) is 9.38. The van der Waals surface area contributed by atoms with Crippen LogP contribution in [0.4, 0.5) is 11.4 Å². The fourth-order valence-corrected chi connectivity index (χ4v) is 3.19. The van der Waals surface area contributed by atoms with E-state index >= 15 is 0 Å². The maximum Gasteiger partial charge on any atom is 0.224 e. The third-order valence-corrected chi connectivity index (χ3v) is 4.67. The molecule has 134 valence electrons. The molecule has 0 atom stereocenters. The van der Waals surface area contributed by atoms with Crippen molar-refractivity contribution in [2.45, 2.75) is 64.9 Å². The second-order valence-corrected chi connectivity index (χ2v) is 7.28. The number of amides is 1. The summed E-state index contributed by atoms with van der Waals surface area (Å²) in [6.07, 6.45) is 6.51. The summed E-state index contributed by atoms with van der Waals surface area (Å²) in [4.78, 5) is 14.5. The van der Waals surface area contributed by atoms with Crippen LogP contribution >= 0.6 is 0 Å². The van der Waals surface area contributed by atoms with Gasteiger partial charge in [-0.25, -0.2) is 0 Å². The maximum absolute atomic E-state index is 12.2. The van der Waals surface area contributed by atoms with E-state index in [2.05, 4.69) is 30.1 Å². The monoisotopic (exact) mass is 332 g/mol. The summed E-state index contributed by atoms with van der Waals surface area (Å²) >= 11 is 0. The van der Waals surface area contributed by atoms with Crippen LogP contribution in [0.1, 0.15) is 58.8 Å². The number of aliphatic hydroxyl groups is 1. The van der Waals surface area contributed by atoms with Gasteiger partial charge in [-0.1, -0.05) is 45.2 Å². The van der Waals surface area contributed by atoms with Crippen LogP contribution in [0, 0.1) is 5.92 Å². The molecule has 0 aromatic heterocycles. The van der Waals surface area contributed by atoms with E-state index in [9.17, 15) is 9.90 Å². The van der Waals surface area contributed by atoms with Crippen molar-refractivity contribution in [3.05, 3.63) is 24.3 Å². The van der Waals surface area contributed by atoms with Gasteiger partial charge in [0, 0.05) is 19.5 Å². The highest BCUT2D eigenvalue weighted by atomic mass is 16.3. The van der Waals surface area contributed by atoms with Crippen LogP contribution in [-0.4, -0.2) is 30.2 Å². The van der Waals surface area contributed by atoms with Gasteiger partial charge in [-0.3, -0.25) is 4.79 Å². The van der Waals surface area contributed by atoms with Crippen molar-refractivity contribution in [3.8, 4) is 0 Å². The number of benzene rings is 1. The Morgan fingerprint density at radius 3 is 2.62 bits per heavy atom. The van der Waals surface area contributed by atoms with Crippen molar-refractivity contribution in [2.75, 3.05) is 23.3 Å². The van der Waals surface area contributed by atoms with Gasteiger partial charge in [0.2, 0.25) is 5.91 Å². The number of piperidine rings is 1. The summed E-state index contributed by atoms with van der Waals surface area (Å²) in [5.41, 5.74) is 1.96. The largest absolute Gasteiger partial charge is 0.393 e. The van der Waals surface area contributed by atoms with Gasteiger partial charge in [-0.2, -0.15) is 0 Å². The van der Waals surface area contributed by atoms with Gasteiger partial charge in [0.05, 0.1) is 17.5 Å². The number of para-hydroxylation sites is 2. The summed E-state index contributed by atoms with van der Waals surface area (Å²) in [6.45, 7) is 6.15. The third kappa shape index (κ3) is 6.16. The molecule has 1 fully saturated rings. The Bertz CT molecular complexity index is 508. The van der Waals surface area contributed by atoms with Gasteiger partial charge in [0.1, 0.15) is 0 Å². The average molecular weight is 332 g/mol. The summed E-state index contributed by atoms with van der Waals surface area (Å²) in [6, 6.07) is 7.98. The minimum Gasteiger partial charge on any atom is -0.393 e. The summed E-state index contributed by atoms with van der Waals surface area (Å²) in [5, 5.41) is 12.7. The van der Waals surface area contributed by atoms with Crippen LogP contribution in [0.15, 0.2) is 24.3 Å². The average Bonchev–Trinajstić information content (AvgIpc) is 2.55. The van der Waals surface area contributed by atoms with Crippen molar-refractivity contribution in [3.63, 3.8) is 0 Å². The molecule has 0 unspecified atom stereocenters. The Morgan fingerprint density at radius 1 is 1.21 bits per heavy atom. The van der Waals surface area contributed by atoms with E-state index in [1.54, 1.807) is 0 Å². The highest BCUT2D eigenvalue weighted by molar-refractivity contribution is 5.94. The minimum absolute atomic E-state index is 0.101. The molecule has 1 aromatic carbocycles. The molecule has 1 amide bonds. The molecule has 0 saturated carbocycles. The van der Waals surface area contributed by atoms with Gasteiger partial charge in [0.15, 0.2) is 0 Å². The molecular formula is C20H32N2O2. The van der Waals surface area contributed by atoms with Crippen molar-refractivity contribution in [2.24, 2.45) is 5.92 Å². The van der Waals surface area contributed by atoms with Crippen molar-refractivity contribution >= 4 is 17.3 Å². The predicted molar refractivity (Wildman–Crippen MR) is 100 cm³/mol. The SMILES string of the molecule is CC(C)CCCCCC(=O)Nc1ccccc1N1CCC(O)CC1.